The summed E-state index contributed by atoms with van der Waals surface area (Å²) in [5, 5.41) is 2.51. The molecule has 0 radical (unpaired) electrons. The Bertz CT molecular complexity index is 1060. The normalized spacial score (nSPS) is 12.3. The molecule has 7 nitrogen and oxygen atoms in total. The van der Waals surface area contributed by atoms with E-state index in [2.05, 4.69) is 5.32 Å². The molecule has 1 atom stereocenters. The number of anilines is 1. The van der Waals surface area contributed by atoms with E-state index in [-0.39, 0.29) is 12.5 Å². The Morgan fingerprint density at radius 1 is 1.03 bits per heavy atom. The maximum Gasteiger partial charge on any atom is 0.244 e. The summed E-state index contributed by atoms with van der Waals surface area (Å²) in [5.41, 5.74) is 1.83. The van der Waals surface area contributed by atoms with Gasteiger partial charge in [0, 0.05) is 13.6 Å². The summed E-state index contributed by atoms with van der Waals surface area (Å²) in [6.07, 6.45) is 1.05. The molecular weight excluding hydrogens is 433 g/mol. The van der Waals surface area contributed by atoms with Crippen molar-refractivity contribution < 1.29 is 22.4 Å². The number of likely N-dealkylation sites (N-methyl/N-ethyl adjacent to an activating group) is 1. The van der Waals surface area contributed by atoms with Crippen molar-refractivity contribution in [3.8, 4) is 0 Å². The number of carbonyl (C=O) groups is 2. The number of halogens is 1. The largest absolute Gasteiger partial charge is 0.357 e. The third-order valence-electron chi connectivity index (χ3n) is 5.19. The number of para-hydroxylation sites is 1. The van der Waals surface area contributed by atoms with Crippen LogP contribution in [0.1, 0.15) is 37.8 Å². The Hall–Kier alpha value is -2.94. The topological polar surface area (TPSA) is 86.8 Å². The van der Waals surface area contributed by atoms with Gasteiger partial charge in [0.25, 0.3) is 0 Å². The molecule has 0 saturated heterocycles. The SMILES string of the molecule is CNC(=O)[C@@H](C)N(Cc1ccc(F)cc1)C(=O)CN(c1ccccc1C(C)C)S(C)(=O)=O. The minimum atomic E-state index is -3.80. The van der Waals surface area contributed by atoms with E-state index in [9.17, 15) is 22.4 Å². The molecule has 0 heterocycles. The zero-order valence-corrected chi connectivity index (χ0v) is 19.8. The molecule has 9 heteroatoms. The van der Waals surface area contributed by atoms with Gasteiger partial charge in [-0.2, -0.15) is 0 Å². The smallest absolute Gasteiger partial charge is 0.244 e. The molecular formula is C23H30FN3O4S. The molecule has 0 spiro atoms. The predicted octanol–water partition coefficient (Wildman–Crippen LogP) is 2.88. The summed E-state index contributed by atoms with van der Waals surface area (Å²) >= 11 is 0. The van der Waals surface area contributed by atoms with Crippen LogP contribution in [0.2, 0.25) is 0 Å². The lowest BCUT2D eigenvalue weighted by atomic mass is 10.0. The van der Waals surface area contributed by atoms with Gasteiger partial charge in [0.05, 0.1) is 11.9 Å². The highest BCUT2D eigenvalue weighted by molar-refractivity contribution is 7.92. The average molecular weight is 464 g/mol. The third-order valence-corrected chi connectivity index (χ3v) is 6.31. The van der Waals surface area contributed by atoms with Crippen molar-refractivity contribution in [3.05, 3.63) is 65.5 Å². The Balaban J connectivity index is 2.44. The van der Waals surface area contributed by atoms with Crippen LogP contribution >= 0.6 is 0 Å². The maximum atomic E-state index is 13.4. The lowest BCUT2D eigenvalue weighted by Gasteiger charge is -2.32. The lowest BCUT2D eigenvalue weighted by molar-refractivity contribution is -0.139. The molecule has 2 aromatic rings. The van der Waals surface area contributed by atoms with Crippen molar-refractivity contribution in [1.82, 2.24) is 10.2 Å². The fourth-order valence-corrected chi connectivity index (χ4v) is 4.24. The summed E-state index contributed by atoms with van der Waals surface area (Å²) in [5.74, 6) is -1.33. The molecule has 2 aromatic carbocycles. The fourth-order valence-electron chi connectivity index (χ4n) is 3.38. The van der Waals surface area contributed by atoms with E-state index in [4.69, 9.17) is 0 Å². The maximum absolute atomic E-state index is 13.4. The van der Waals surface area contributed by atoms with Gasteiger partial charge in [-0.3, -0.25) is 13.9 Å². The lowest BCUT2D eigenvalue weighted by Crippen LogP contribution is -2.50. The Morgan fingerprint density at radius 3 is 2.16 bits per heavy atom. The van der Waals surface area contributed by atoms with Crippen LogP contribution in [0.4, 0.5) is 10.1 Å². The summed E-state index contributed by atoms with van der Waals surface area (Å²) in [6.45, 7) is 5.00. The van der Waals surface area contributed by atoms with Crippen LogP contribution in [0.25, 0.3) is 0 Å². The van der Waals surface area contributed by atoms with Crippen LogP contribution in [0.15, 0.2) is 48.5 Å². The molecule has 1 N–H and O–H groups in total. The van der Waals surface area contributed by atoms with Gasteiger partial charge in [0.1, 0.15) is 18.4 Å². The first-order valence-electron chi connectivity index (χ1n) is 10.3. The third kappa shape index (κ3) is 6.29. The zero-order valence-electron chi connectivity index (χ0n) is 19.0. The number of amides is 2. The van der Waals surface area contributed by atoms with E-state index in [1.165, 1.54) is 36.2 Å². The molecule has 0 fully saturated rings. The number of carbonyl (C=O) groups excluding carboxylic acids is 2. The molecule has 174 valence electrons. The average Bonchev–Trinajstić information content (AvgIpc) is 2.75. The molecule has 0 saturated carbocycles. The van der Waals surface area contributed by atoms with Crippen LogP contribution < -0.4 is 9.62 Å². The molecule has 0 unspecified atom stereocenters. The van der Waals surface area contributed by atoms with Crippen molar-refractivity contribution in [1.29, 1.82) is 0 Å². The Morgan fingerprint density at radius 2 is 1.62 bits per heavy atom. The first-order chi connectivity index (χ1) is 15.0. The van der Waals surface area contributed by atoms with Gasteiger partial charge < -0.3 is 10.2 Å². The van der Waals surface area contributed by atoms with Gasteiger partial charge in [0.2, 0.25) is 21.8 Å². The number of hydrogen-bond acceptors (Lipinski definition) is 4. The van der Waals surface area contributed by atoms with E-state index in [0.717, 1.165) is 16.1 Å². The minimum absolute atomic E-state index is 0.0249. The van der Waals surface area contributed by atoms with Gasteiger partial charge in [-0.1, -0.05) is 44.2 Å². The minimum Gasteiger partial charge on any atom is -0.357 e. The number of rotatable bonds is 9. The van der Waals surface area contributed by atoms with Crippen molar-refractivity contribution in [2.45, 2.75) is 39.3 Å². The Labute approximate surface area is 189 Å². The molecule has 0 aliphatic rings. The first kappa shape index (κ1) is 25.3. The van der Waals surface area contributed by atoms with Crippen LogP contribution in [0.5, 0.6) is 0 Å². The monoisotopic (exact) mass is 463 g/mol. The van der Waals surface area contributed by atoms with Crippen molar-refractivity contribution in [2.75, 3.05) is 24.2 Å². The summed E-state index contributed by atoms with van der Waals surface area (Å²) in [6, 6.07) is 11.7. The molecule has 0 aliphatic heterocycles. The molecule has 2 amide bonds. The molecule has 0 aliphatic carbocycles. The van der Waals surface area contributed by atoms with E-state index in [1.807, 2.05) is 26.0 Å². The number of sulfonamides is 1. The second-order valence-electron chi connectivity index (χ2n) is 7.92. The van der Waals surface area contributed by atoms with Crippen LogP contribution in [0, 0.1) is 5.82 Å². The Kier molecular flexibility index (Phi) is 8.38. The van der Waals surface area contributed by atoms with Gasteiger partial charge >= 0.3 is 0 Å². The van der Waals surface area contributed by atoms with E-state index in [0.29, 0.717) is 11.3 Å². The highest BCUT2D eigenvalue weighted by Gasteiger charge is 2.30. The second kappa shape index (κ2) is 10.6. The van der Waals surface area contributed by atoms with E-state index < -0.39 is 40.2 Å². The molecule has 0 bridgehead atoms. The highest BCUT2D eigenvalue weighted by Crippen LogP contribution is 2.29. The van der Waals surface area contributed by atoms with Crippen molar-refractivity contribution >= 4 is 27.5 Å². The van der Waals surface area contributed by atoms with Gasteiger partial charge in [-0.15, -0.1) is 0 Å². The molecule has 32 heavy (non-hydrogen) atoms. The first-order valence-corrected chi connectivity index (χ1v) is 12.1. The number of nitrogens with one attached hydrogen (secondary N) is 1. The summed E-state index contributed by atoms with van der Waals surface area (Å²) in [4.78, 5) is 26.9. The van der Waals surface area contributed by atoms with E-state index in [1.54, 1.807) is 19.1 Å². The molecule has 2 rings (SSSR count). The van der Waals surface area contributed by atoms with E-state index >= 15 is 0 Å². The summed E-state index contributed by atoms with van der Waals surface area (Å²) < 4.78 is 39.7. The van der Waals surface area contributed by atoms with Crippen LogP contribution in [-0.4, -0.2) is 51.0 Å². The standard InChI is InChI=1S/C23H30FN3O4S/c1-16(2)20-8-6-7-9-21(20)27(32(5,30)31)15-22(28)26(17(3)23(29)25-4)14-18-10-12-19(24)13-11-18/h6-13,16-17H,14-15H2,1-5H3,(H,25,29)/t17-/m1/s1. The van der Waals surface area contributed by atoms with Crippen LogP contribution in [-0.2, 0) is 26.2 Å². The van der Waals surface area contributed by atoms with Gasteiger partial charge in [-0.05, 0) is 42.2 Å². The van der Waals surface area contributed by atoms with Crippen molar-refractivity contribution in [3.63, 3.8) is 0 Å². The number of nitrogens with zero attached hydrogens (tertiary/aromatic N) is 2. The quantitative estimate of drug-likeness (QED) is 0.620. The predicted molar refractivity (Wildman–Crippen MR) is 123 cm³/mol. The highest BCUT2D eigenvalue weighted by atomic mass is 32.2. The second-order valence-corrected chi connectivity index (χ2v) is 9.83. The number of hydrogen-bond donors (Lipinski definition) is 1. The van der Waals surface area contributed by atoms with Crippen LogP contribution in [0.3, 0.4) is 0 Å². The summed E-state index contributed by atoms with van der Waals surface area (Å²) in [7, 11) is -2.34. The van der Waals surface area contributed by atoms with Gasteiger partial charge in [-0.25, -0.2) is 12.8 Å². The molecule has 0 aromatic heterocycles. The van der Waals surface area contributed by atoms with Gasteiger partial charge in [0.15, 0.2) is 0 Å². The fraction of sp³-hybridized carbons (Fsp3) is 0.391. The zero-order chi connectivity index (χ0) is 24.1. The number of benzene rings is 2. The van der Waals surface area contributed by atoms with Crippen molar-refractivity contribution in [2.24, 2.45) is 0 Å².